The number of nitrogens with zero attached hydrogens (tertiary/aromatic N) is 1. The molecule has 0 unspecified atom stereocenters. The smallest absolute Gasteiger partial charge is 0.227 e. The first-order valence-electron chi connectivity index (χ1n) is 7.24. The Hall–Kier alpha value is -1.42. The molecule has 0 radical (unpaired) electrons. The monoisotopic (exact) mass is 280 g/mol. The molecule has 20 heavy (non-hydrogen) atoms. The minimum absolute atomic E-state index is 0.0614. The van der Waals surface area contributed by atoms with Crippen molar-refractivity contribution >= 4 is 11.6 Å². The van der Waals surface area contributed by atoms with Gasteiger partial charge in [-0.2, -0.15) is 0 Å². The Labute approximate surface area is 121 Å². The van der Waals surface area contributed by atoms with Gasteiger partial charge >= 0.3 is 0 Å². The zero-order valence-electron chi connectivity index (χ0n) is 12.6. The van der Waals surface area contributed by atoms with Crippen molar-refractivity contribution in [2.75, 3.05) is 18.0 Å². The van der Waals surface area contributed by atoms with Crippen LogP contribution in [0.1, 0.15) is 33.6 Å². The first-order chi connectivity index (χ1) is 9.49. The molecule has 0 aromatic heterocycles. The maximum atomic E-state index is 13.8. The van der Waals surface area contributed by atoms with E-state index < -0.39 is 0 Å². The van der Waals surface area contributed by atoms with E-state index >= 15 is 0 Å². The van der Waals surface area contributed by atoms with Crippen molar-refractivity contribution in [3.8, 4) is 0 Å². The van der Waals surface area contributed by atoms with Crippen LogP contribution in [-0.2, 0) is 4.79 Å². The topological polar surface area (TPSA) is 46.3 Å². The number of halogens is 1. The molecule has 1 amide bonds. The number of amides is 1. The molecule has 0 spiro atoms. The van der Waals surface area contributed by atoms with Crippen molar-refractivity contribution in [3.05, 3.63) is 30.1 Å². The van der Waals surface area contributed by atoms with E-state index in [4.69, 9.17) is 5.73 Å². The van der Waals surface area contributed by atoms with Crippen molar-refractivity contribution in [1.29, 1.82) is 0 Å². The molecule has 1 aromatic carbocycles. The third-order valence-electron chi connectivity index (χ3n) is 3.36. The van der Waals surface area contributed by atoms with E-state index in [-0.39, 0.29) is 17.6 Å². The Morgan fingerprint density at radius 3 is 2.50 bits per heavy atom. The molecule has 0 bridgehead atoms. The molecular formula is C16H25FN2O. The molecule has 3 nitrogen and oxygen atoms in total. The lowest BCUT2D eigenvalue weighted by molar-refractivity contribution is -0.119. The molecule has 0 saturated heterocycles. The Morgan fingerprint density at radius 1 is 1.35 bits per heavy atom. The first-order valence-corrected chi connectivity index (χ1v) is 7.24. The highest BCUT2D eigenvalue weighted by Crippen LogP contribution is 2.22. The van der Waals surface area contributed by atoms with Crippen LogP contribution < -0.4 is 10.6 Å². The maximum absolute atomic E-state index is 13.8. The average Bonchev–Trinajstić information content (AvgIpc) is 2.40. The van der Waals surface area contributed by atoms with E-state index in [1.807, 2.05) is 6.92 Å². The summed E-state index contributed by atoms with van der Waals surface area (Å²) in [6, 6.07) is 6.37. The lowest BCUT2D eigenvalue weighted by atomic mass is 9.93. The summed E-state index contributed by atoms with van der Waals surface area (Å²) in [5.41, 5.74) is 6.08. The Kier molecular flexibility index (Phi) is 6.65. The van der Waals surface area contributed by atoms with Crippen LogP contribution in [0.3, 0.4) is 0 Å². The largest absolute Gasteiger partial charge is 0.330 e. The third kappa shape index (κ3) is 4.60. The van der Waals surface area contributed by atoms with Gasteiger partial charge in [0.2, 0.25) is 5.91 Å². The molecule has 1 atom stereocenters. The number of nitrogens with two attached hydrogens (primary N) is 1. The van der Waals surface area contributed by atoms with Gasteiger partial charge in [0.05, 0.1) is 5.69 Å². The zero-order valence-corrected chi connectivity index (χ0v) is 12.6. The van der Waals surface area contributed by atoms with Crippen molar-refractivity contribution < 1.29 is 9.18 Å². The summed E-state index contributed by atoms with van der Waals surface area (Å²) in [6.07, 6.45) is 1.29. The van der Waals surface area contributed by atoms with Gasteiger partial charge in [-0.25, -0.2) is 4.39 Å². The SMILES string of the molecule is CCN(C(=O)C[C@@H](CN)CC(C)C)c1ccccc1F. The van der Waals surface area contributed by atoms with Gasteiger partial charge in [-0.1, -0.05) is 26.0 Å². The van der Waals surface area contributed by atoms with Gasteiger partial charge in [-0.3, -0.25) is 4.79 Å². The van der Waals surface area contributed by atoms with Gasteiger partial charge in [0, 0.05) is 13.0 Å². The predicted octanol–water partition coefficient (Wildman–Crippen LogP) is 3.19. The fourth-order valence-electron chi connectivity index (χ4n) is 2.44. The quantitative estimate of drug-likeness (QED) is 0.833. The number of rotatable bonds is 7. The Balaban J connectivity index is 2.80. The highest BCUT2D eigenvalue weighted by Gasteiger charge is 2.21. The molecule has 0 fully saturated rings. The van der Waals surface area contributed by atoms with Crippen LogP contribution in [0.5, 0.6) is 0 Å². The van der Waals surface area contributed by atoms with Gasteiger partial charge in [-0.15, -0.1) is 0 Å². The second-order valence-electron chi connectivity index (χ2n) is 5.52. The van der Waals surface area contributed by atoms with Crippen LogP contribution in [-0.4, -0.2) is 19.0 Å². The predicted molar refractivity (Wildman–Crippen MR) is 81.0 cm³/mol. The van der Waals surface area contributed by atoms with E-state index in [2.05, 4.69) is 13.8 Å². The number of carbonyl (C=O) groups is 1. The second kappa shape index (κ2) is 8.00. The molecule has 1 rings (SSSR count). The normalized spacial score (nSPS) is 12.5. The summed E-state index contributed by atoms with van der Waals surface area (Å²) in [7, 11) is 0. The van der Waals surface area contributed by atoms with Crippen LogP contribution in [0.4, 0.5) is 10.1 Å². The van der Waals surface area contributed by atoms with Gasteiger partial charge in [0.25, 0.3) is 0 Å². The van der Waals surface area contributed by atoms with Gasteiger partial charge < -0.3 is 10.6 Å². The molecule has 112 valence electrons. The summed E-state index contributed by atoms with van der Waals surface area (Å²) in [5, 5.41) is 0. The highest BCUT2D eigenvalue weighted by atomic mass is 19.1. The molecule has 0 heterocycles. The van der Waals surface area contributed by atoms with Crippen molar-refractivity contribution in [2.45, 2.75) is 33.6 Å². The summed E-state index contributed by atoms with van der Waals surface area (Å²) < 4.78 is 13.8. The fraction of sp³-hybridized carbons (Fsp3) is 0.562. The van der Waals surface area contributed by atoms with Crippen LogP contribution in [0.15, 0.2) is 24.3 Å². The van der Waals surface area contributed by atoms with Gasteiger partial charge in [-0.05, 0) is 43.9 Å². The fourth-order valence-corrected chi connectivity index (χ4v) is 2.44. The number of benzene rings is 1. The Morgan fingerprint density at radius 2 is 2.00 bits per heavy atom. The van der Waals surface area contributed by atoms with E-state index in [0.29, 0.717) is 31.1 Å². The van der Waals surface area contributed by atoms with Gasteiger partial charge in [0.1, 0.15) is 5.82 Å². The van der Waals surface area contributed by atoms with E-state index in [0.717, 1.165) is 6.42 Å². The third-order valence-corrected chi connectivity index (χ3v) is 3.36. The minimum atomic E-state index is -0.365. The second-order valence-corrected chi connectivity index (χ2v) is 5.52. The summed E-state index contributed by atoms with van der Waals surface area (Å²) in [6.45, 7) is 7.02. The molecule has 0 aliphatic carbocycles. The average molecular weight is 280 g/mol. The number of anilines is 1. The lowest BCUT2D eigenvalue weighted by Crippen LogP contribution is -2.34. The number of hydrogen-bond acceptors (Lipinski definition) is 2. The molecule has 0 aliphatic rings. The van der Waals surface area contributed by atoms with Gasteiger partial charge in [0.15, 0.2) is 0 Å². The summed E-state index contributed by atoms with van der Waals surface area (Å²) in [5.74, 6) is 0.229. The van der Waals surface area contributed by atoms with Crippen molar-refractivity contribution in [3.63, 3.8) is 0 Å². The summed E-state index contributed by atoms with van der Waals surface area (Å²) >= 11 is 0. The molecule has 2 N–H and O–H groups in total. The summed E-state index contributed by atoms with van der Waals surface area (Å²) in [4.78, 5) is 13.9. The number of carbonyl (C=O) groups excluding carboxylic acids is 1. The van der Waals surface area contributed by atoms with Crippen molar-refractivity contribution in [1.82, 2.24) is 0 Å². The van der Waals surface area contributed by atoms with E-state index in [9.17, 15) is 9.18 Å². The number of hydrogen-bond donors (Lipinski definition) is 1. The lowest BCUT2D eigenvalue weighted by Gasteiger charge is -2.24. The van der Waals surface area contributed by atoms with E-state index in [1.165, 1.54) is 11.0 Å². The molecular weight excluding hydrogens is 255 g/mol. The molecule has 0 saturated carbocycles. The molecule has 4 heteroatoms. The van der Waals surface area contributed by atoms with Crippen LogP contribution in [0.25, 0.3) is 0 Å². The maximum Gasteiger partial charge on any atom is 0.227 e. The zero-order chi connectivity index (χ0) is 15.1. The molecule has 1 aromatic rings. The van der Waals surface area contributed by atoms with Crippen LogP contribution in [0, 0.1) is 17.7 Å². The van der Waals surface area contributed by atoms with Crippen LogP contribution >= 0.6 is 0 Å². The first kappa shape index (κ1) is 16.6. The Bertz CT molecular complexity index is 434. The standard InChI is InChI=1S/C16H25FN2O/c1-4-19(15-8-6-5-7-14(15)17)16(20)10-13(11-18)9-12(2)3/h5-8,12-13H,4,9-11,18H2,1-3H3/t13-/m0/s1. The molecule has 0 aliphatic heterocycles. The van der Waals surface area contributed by atoms with E-state index in [1.54, 1.807) is 18.2 Å². The van der Waals surface area contributed by atoms with Crippen LogP contribution in [0.2, 0.25) is 0 Å². The number of para-hydroxylation sites is 1. The minimum Gasteiger partial charge on any atom is -0.330 e. The van der Waals surface area contributed by atoms with Crippen molar-refractivity contribution in [2.24, 2.45) is 17.6 Å². The highest BCUT2D eigenvalue weighted by molar-refractivity contribution is 5.93.